The van der Waals surface area contributed by atoms with Crippen molar-refractivity contribution in [3.63, 3.8) is 0 Å². The van der Waals surface area contributed by atoms with Gasteiger partial charge in [-0.3, -0.25) is 0 Å². The fraction of sp³-hybridized carbons (Fsp3) is 0.533. The van der Waals surface area contributed by atoms with Crippen LogP contribution in [0.1, 0.15) is 44.2 Å². The third-order valence-corrected chi connectivity index (χ3v) is 4.14. The van der Waals surface area contributed by atoms with Crippen molar-refractivity contribution in [2.45, 2.75) is 45.6 Å². The highest BCUT2D eigenvalue weighted by atomic mass is 15.5. The maximum Gasteiger partial charge on any atom is 0.182 e. The van der Waals surface area contributed by atoms with Gasteiger partial charge in [-0.05, 0) is 59.9 Å². The molecule has 1 atom stereocenters. The smallest absolute Gasteiger partial charge is 0.182 e. The molecular formula is C15H21N5. The van der Waals surface area contributed by atoms with E-state index < -0.39 is 0 Å². The summed E-state index contributed by atoms with van der Waals surface area (Å²) in [5.41, 5.74) is 8.79. The molecule has 1 unspecified atom stereocenters. The molecule has 20 heavy (non-hydrogen) atoms. The van der Waals surface area contributed by atoms with E-state index in [1.165, 1.54) is 19.3 Å². The maximum absolute atomic E-state index is 5.88. The second kappa shape index (κ2) is 5.23. The number of nitrogen functional groups attached to an aromatic ring is 1. The lowest BCUT2D eigenvalue weighted by Gasteiger charge is -2.16. The second-order valence-electron chi connectivity index (χ2n) is 5.76. The molecule has 1 aliphatic rings. The summed E-state index contributed by atoms with van der Waals surface area (Å²) in [5, 5.41) is 12.3. The Labute approximate surface area is 119 Å². The van der Waals surface area contributed by atoms with Gasteiger partial charge in [0, 0.05) is 11.3 Å². The Bertz CT molecular complexity index is 600. The molecular weight excluding hydrogens is 250 g/mol. The van der Waals surface area contributed by atoms with Gasteiger partial charge in [0.15, 0.2) is 5.82 Å². The van der Waals surface area contributed by atoms with Crippen LogP contribution in [0, 0.1) is 12.8 Å². The number of aromatic nitrogens is 4. The number of aryl methyl sites for hydroxylation is 1. The molecule has 1 heterocycles. The third kappa shape index (κ3) is 2.53. The molecule has 3 rings (SSSR count). The molecule has 2 aromatic rings. The first kappa shape index (κ1) is 13.1. The van der Waals surface area contributed by atoms with Gasteiger partial charge in [0.2, 0.25) is 0 Å². The molecule has 0 radical (unpaired) electrons. The zero-order valence-electron chi connectivity index (χ0n) is 12.1. The Morgan fingerprint density at radius 3 is 2.85 bits per heavy atom. The van der Waals surface area contributed by atoms with E-state index in [1.807, 2.05) is 23.7 Å². The number of nitrogens with zero attached hydrogens (tertiary/aromatic N) is 4. The summed E-state index contributed by atoms with van der Waals surface area (Å²) in [6.07, 6.45) is 4.95. The molecule has 2 N–H and O–H groups in total. The summed E-state index contributed by atoms with van der Waals surface area (Å²) in [5.74, 6) is 1.71. The van der Waals surface area contributed by atoms with Gasteiger partial charge in [-0.15, -0.1) is 5.10 Å². The first-order chi connectivity index (χ1) is 9.69. The summed E-state index contributed by atoms with van der Waals surface area (Å²) in [7, 11) is 0. The van der Waals surface area contributed by atoms with E-state index >= 15 is 0 Å². The van der Waals surface area contributed by atoms with Crippen molar-refractivity contribution in [3.05, 3.63) is 23.8 Å². The van der Waals surface area contributed by atoms with Crippen molar-refractivity contribution in [2.75, 3.05) is 5.73 Å². The normalized spacial score (nSPS) is 16.3. The lowest BCUT2D eigenvalue weighted by molar-refractivity contribution is 0.388. The first-order valence-corrected chi connectivity index (χ1v) is 7.33. The van der Waals surface area contributed by atoms with Gasteiger partial charge in [-0.2, -0.15) is 0 Å². The summed E-state index contributed by atoms with van der Waals surface area (Å²) in [4.78, 5) is 0. The standard InChI is InChI=1S/C15H21N5/c1-3-13(9-11-4-5-11)20-15(17-18-19-20)12-6-7-14(16)10(2)8-12/h6-8,11,13H,3-5,9,16H2,1-2H3. The van der Waals surface area contributed by atoms with E-state index in [-0.39, 0.29) is 0 Å². The van der Waals surface area contributed by atoms with Gasteiger partial charge in [-0.25, -0.2) is 4.68 Å². The highest BCUT2D eigenvalue weighted by molar-refractivity contribution is 5.61. The van der Waals surface area contributed by atoms with Gasteiger partial charge in [0.25, 0.3) is 0 Å². The van der Waals surface area contributed by atoms with Crippen LogP contribution in [0.25, 0.3) is 11.4 Å². The van der Waals surface area contributed by atoms with E-state index in [0.29, 0.717) is 6.04 Å². The minimum atomic E-state index is 0.394. The van der Waals surface area contributed by atoms with Crippen LogP contribution in [0.3, 0.4) is 0 Å². The Hall–Kier alpha value is -1.91. The monoisotopic (exact) mass is 271 g/mol. The number of anilines is 1. The van der Waals surface area contributed by atoms with Crippen LogP contribution in [0.5, 0.6) is 0 Å². The Morgan fingerprint density at radius 1 is 1.40 bits per heavy atom. The van der Waals surface area contributed by atoms with Crippen molar-refractivity contribution in [1.82, 2.24) is 20.2 Å². The van der Waals surface area contributed by atoms with Crippen LogP contribution in [0.15, 0.2) is 18.2 Å². The van der Waals surface area contributed by atoms with E-state index in [2.05, 4.69) is 28.5 Å². The van der Waals surface area contributed by atoms with Crippen molar-refractivity contribution < 1.29 is 0 Å². The predicted octanol–water partition coefficient (Wildman–Crippen LogP) is 2.98. The number of tetrazole rings is 1. The fourth-order valence-corrected chi connectivity index (χ4v) is 2.62. The third-order valence-electron chi connectivity index (χ3n) is 4.14. The average Bonchev–Trinajstić information content (AvgIpc) is 3.14. The zero-order chi connectivity index (χ0) is 14.1. The van der Waals surface area contributed by atoms with Gasteiger partial charge in [0.05, 0.1) is 6.04 Å². The minimum Gasteiger partial charge on any atom is -0.399 e. The van der Waals surface area contributed by atoms with Crippen LogP contribution in [-0.4, -0.2) is 20.2 Å². The highest BCUT2D eigenvalue weighted by Gasteiger charge is 2.27. The molecule has 5 nitrogen and oxygen atoms in total. The summed E-state index contributed by atoms with van der Waals surface area (Å²) in [6, 6.07) is 6.37. The molecule has 0 spiro atoms. The van der Waals surface area contributed by atoms with Crippen LogP contribution in [0.2, 0.25) is 0 Å². The summed E-state index contributed by atoms with van der Waals surface area (Å²) in [6.45, 7) is 4.21. The van der Waals surface area contributed by atoms with Gasteiger partial charge in [-0.1, -0.05) is 19.8 Å². The topological polar surface area (TPSA) is 69.6 Å². The molecule has 0 aliphatic heterocycles. The minimum absolute atomic E-state index is 0.394. The number of nitrogens with two attached hydrogens (primary N) is 1. The van der Waals surface area contributed by atoms with Crippen molar-refractivity contribution >= 4 is 5.69 Å². The van der Waals surface area contributed by atoms with Gasteiger partial charge in [0.1, 0.15) is 0 Å². The van der Waals surface area contributed by atoms with E-state index in [9.17, 15) is 0 Å². The number of hydrogen-bond acceptors (Lipinski definition) is 4. The predicted molar refractivity (Wildman–Crippen MR) is 79.1 cm³/mol. The molecule has 1 aromatic carbocycles. The second-order valence-corrected chi connectivity index (χ2v) is 5.76. The molecule has 5 heteroatoms. The van der Waals surface area contributed by atoms with Crippen LogP contribution in [0.4, 0.5) is 5.69 Å². The Balaban J connectivity index is 1.93. The molecule has 1 aromatic heterocycles. The van der Waals surface area contributed by atoms with Crippen molar-refractivity contribution in [1.29, 1.82) is 0 Å². The lowest BCUT2D eigenvalue weighted by atomic mass is 10.1. The zero-order valence-corrected chi connectivity index (χ0v) is 12.1. The summed E-state index contributed by atoms with van der Waals surface area (Å²) < 4.78 is 1.99. The molecule has 1 saturated carbocycles. The molecule has 1 aliphatic carbocycles. The summed E-state index contributed by atoms with van der Waals surface area (Å²) >= 11 is 0. The van der Waals surface area contributed by atoms with E-state index in [4.69, 9.17) is 5.73 Å². The molecule has 0 saturated heterocycles. The Morgan fingerprint density at radius 2 is 2.20 bits per heavy atom. The highest BCUT2D eigenvalue weighted by Crippen LogP contribution is 2.38. The number of rotatable bonds is 5. The lowest BCUT2D eigenvalue weighted by Crippen LogP contribution is -2.12. The fourth-order valence-electron chi connectivity index (χ4n) is 2.62. The van der Waals surface area contributed by atoms with Crippen molar-refractivity contribution in [3.8, 4) is 11.4 Å². The molecule has 106 valence electrons. The molecule has 0 amide bonds. The van der Waals surface area contributed by atoms with E-state index in [1.54, 1.807) is 0 Å². The SMILES string of the molecule is CCC(CC1CC1)n1nnnc1-c1ccc(N)c(C)c1. The van der Waals surface area contributed by atoms with Crippen LogP contribution in [-0.2, 0) is 0 Å². The Kier molecular flexibility index (Phi) is 3.42. The largest absolute Gasteiger partial charge is 0.399 e. The average molecular weight is 271 g/mol. The van der Waals surface area contributed by atoms with Crippen LogP contribution < -0.4 is 5.73 Å². The van der Waals surface area contributed by atoms with Crippen LogP contribution >= 0.6 is 0 Å². The molecule has 0 bridgehead atoms. The maximum atomic E-state index is 5.88. The van der Waals surface area contributed by atoms with Gasteiger partial charge < -0.3 is 5.73 Å². The quantitative estimate of drug-likeness (QED) is 0.849. The van der Waals surface area contributed by atoms with E-state index in [0.717, 1.165) is 35.0 Å². The molecule has 1 fully saturated rings. The van der Waals surface area contributed by atoms with Crippen molar-refractivity contribution in [2.24, 2.45) is 5.92 Å². The number of benzene rings is 1. The number of hydrogen-bond donors (Lipinski definition) is 1. The van der Waals surface area contributed by atoms with Gasteiger partial charge >= 0.3 is 0 Å². The first-order valence-electron chi connectivity index (χ1n) is 7.33.